The minimum Gasteiger partial charge on any atom is -0.497 e. The lowest BCUT2D eigenvalue weighted by atomic mass is 10.0. The lowest BCUT2D eigenvalue weighted by molar-refractivity contribution is 0.286. The highest BCUT2D eigenvalue weighted by Gasteiger charge is 2.09. The normalized spacial score (nSPS) is 11.1. The predicted molar refractivity (Wildman–Crippen MR) is 112 cm³/mol. The van der Waals surface area contributed by atoms with Crippen LogP contribution >= 0.6 is 0 Å². The molecule has 3 nitrogen and oxygen atoms in total. The van der Waals surface area contributed by atoms with E-state index in [2.05, 4.69) is 67.7 Å². The second-order valence-electron chi connectivity index (χ2n) is 7.25. The largest absolute Gasteiger partial charge is 0.497 e. The lowest BCUT2D eigenvalue weighted by Crippen LogP contribution is -2.14. The molecule has 0 spiro atoms. The first-order valence-electron chi connectivity index (χ1n) is 9.64. The van der Waals surface area contributed by atoms with Gasteiger partial charge >= 0.3 is 0 Å². The molecular formula is C24H29NO2. The van der Waals surface area contributed by atoms with E-state index in [-0.39, 0.29) is 0 Å². The maximum Gasteiger partial charge on any atom is 0.124 e. The molecule has 0 atom stereocenters. The van der Waals surface area contributed by atoms with Gasteiger partial charge in [-0.15, -0.1) is 0 Å². The van der Waals surface area contributed by atoms with Crippen molar-refractivity contribution in [1.82, 2.24) is 5.32 Å². The van der Waals surface area contributed by atoms with E-state index in [1.165, 1.54) is 21.9 Å². The fourth-order valence-electron chi connectivity index (χ4n) is 3.11. The summed E-state index contributed by atoms with van der Waals surface area (Å²) in [5.41, 5.74) is 2.46. The van der Waals surface area contributed by atoms with Crippen molar-refractivity contribution in [2.75, 3.05) is 13.7 Å². The van der Waals surface area contributed by atoms with Gasteiger partial charge in [-0.1, -0.05) is 56.3 Å². The van der Waals surface area contributed by atoms with Crippen LogP contribution in [0.25, 0.3) is 10.8 Å². The topological polar surface area (TPSA) is 30.5 Å². The van der Waals surface area contributed by atoms with E-state index in [9.17, 15) is 0 Å². The molecule has 0 aliphatic rings. The second-order valence-corrected chi connectivity index (χ2v) is 7.25. The first kappa shape index (κ1) is 19.2. The summed E-state index contributed by atoms with van der Waals surface area (Å²) in [7, 11) is 1.69. The number of hydrogen-bond donors (Lipinski definition) is 1. The van der Waals surface area contributed by atoms with Gasteiger partial charge in [0.2, 0.25) is 0 Å². The summed E-state index contributed by atoms with van der Waals surface area (Å²) in [5, 5.41) is 6.06. The van der Waals surface area contributed by atoms with E-state index < -0.39 is 0 Å². The van der Waals surface area contributed by atoms with E-state index in [0.717, 1.165) is 37.6 Å². The van der Waals surface area contributed by atoms with Crippen molar-refractivity contribution >= 4 is 10.8 Å². The highest BCUT2D eigenvalue weighted by atomic mass is 16.5. The number of methoxy groups -OCH3 is 1. The van der Waals surface area contributed by atoms with Gasteiger partial charge in [0.1, 0.15) is 11.5 Å². The Morgan fingerprint density at radius 3 is 2.41 bits per heavy atom. The first-order valence-corrected chi connectivity index (χ1v) is 9.64. The molecule has 0 saturated heterocycles. The molecule has 0 saturated carbocycles. The molecule has 0 aromatic heterocycles. The van der Waals surface area contributed by atoms with Crippen molar-refractivity contribution in [2.24, 2.45) is 5.92 Å². The highest BCUT2D eigenvalue weighted by molar-refractivity contribution is 5.87. The molecule has 0 heterocycles. The molecule has 3 aromatic rings. The second kappa shape index (κ2) is 9.43. The van der Waals surface area contributed by atoms with Crippen molar-refractivity contribution in [1.29, 1.82) is 0 Å². The molecule has 0 amide bonds. The van der Waals surface area contributed by atoms with Gasteiger partial charge in [0, 0.05) is 18.7 Å². The Hall–Kier alpha value is -2.52. The van der Waals surface area contributed by atoms with Crippen LogP contribution in [0.5, 0.6) is 11.5 Å². The van der Waals surface area contributed by atoms with E-state index in [0.29, 0.717) is 5.92 Å². The Balaban J connectivity index is 1.73. The molecule has 27 heavy (non-hydrogen) atoms. The summed E-state index contributed by atoms with van der Waals surface area (Å²) in [6.07, 6.45) is 1.06. The van der Waals surface area contributed by atoms with Gasteiger partial charge in [-0.25, -0.2) is 0 Å². The van der Waals surface area contributed by atoms with Gasteiger partial charge in [0.25, 0.3) is 0 Å². The summed E-state index contributed by atoms with van der Waals surface area (Å²) in [6, 6.07) is 20.9. The minimum atomic E-state index is 0.641. The fraction of sp³-hybridized carbons (Fsp3) is 0.333. The molecule has 142 valence electrons. The fourth-order valence-corrected chi connectivity index (χ4v) is 3.11. The van der Waals surface area contributed by atoms with Gasteiger partial charge in [-0.3, -0.25) is 0 Å². The lowest BCUT2D eigenvalue weighted by Gasteiger charge is -2.16. The summed E-state index contributed by atoms with van der Waals surface area (Å²) in [6.45, 7) is 6.77. The number of ether oxygens (including phenoxy) is 2. The molecule has 0 aliphatic carbocycles. The summed E-state index contributed by atoms with van der Waals surface area (Å²) >= 11 is 0. The van der Waals surface area contributed by atoms with Crippen LogP contribution in [0, 0.1) is 5.92 Å². The Labute approximate surface area is 162 Å². The van der Waals surface area contributed by atoms with Gasteiger partial charge in [0.05, 0.1) is 13.7 Å². The van der Waals surface area contributed by atoms with Crippen LogP contribution in [0.2, 0.25) is 0 Å². The van der Waals surface area contributed by atoms with Crippen LogP contribution < -0.4 is 14.8 Å². The first-order chi connectivity index (χ1) is 13.2. The molecule has 0 radical (unpaired) electrons. The van der Waals surface area contributed by atoms with Gasteiger partial charge < -0.3 is 14.8 Å². The zero-order valence-electron chi connectivity index (χ0n) is 16.5. The molecular weight excluding hydrogens is 334 g/mol. The van der Waals surface area contributed by atoms with Crippen LogP contribution in [0.1, 0.15) is 31.4 Å². The molecule has 0 aliphatic heterocycles. The minimum absolute atomic E-state index is 0.641. The van der Waals surface area contributed by atoms with Crippen molar-refractivity contribution in [3.63, 3.8) is 0 Å². The number of nitrogens with one attached hydrogen (secondary N) is 1. The van der Waals surface area contributed by atoms with Gasteiger partial charge in [-0.05, 0) is 46.9 Å². The van der Waals surface area contributed by atoms with Crippen LogP contribution in [0.15, 0.2) is 60.7 Å². The number of rotatable bonds is 9. The molecule has 0 unspecified atom stereocenters. The zero-order valence-corrected chi connectivity index (χ0v) is 16.5. The van der Waals surface area contributed by atoms with Crippen LogP contribution in [0.3, 0.4) is 0 Å². The van der Waals surface area contributed by atoms with Crippen LogP contribution in [-0.2, 0) is 13.1 Å². The van der Waals surface area contributed by atoms with E-state index in [1.54, 1.807) is 7.11 Å². The average molecular weight is 364 g/mol. The molecule has 0 fully saturated rings. The molecule has 3 rings (SSSR count). The Bertz CT molecular complexity index is 856. The maximum absolute atomic E-state index is 6.13. The summed E-state index contributed by atoms with van der Waals surface area (Å²) < 4.78 is 11.4. The van der Waals surface area contributed by atoms with E-state index >= 15 is 0 Å². The predicted octanol–water partition coefficient (Wildman–Crippen LogP) is 5.56. The van der Waals surface area contributed by atoms with Crippen molar-refractivity contribution in [3.8, 4) is 11.5 Å². The zero-order chi connectivity index (χ0) is 19.1. The van der Waals surface area contributed by atoms with Crippen molar-refractivity contribution in [3.05, 3.63) is 71.8 Å². The Morgan fingerprint density at radius 2 is 1.67 bits per heavy atom. The van der Waals surface area contributed by atoms with Gasteiger partial charge in [-0.2, -0.15) is 0 Å². The summed E-state index contributed by atoms with van der Waals surface area (Å²) in [5.74, 6) is 2.51. The highest BCUT2D eigenvalue weighted by Crippen LogP contribution is 2.28. The van der Waals surface area contributed by atoms with E-state index in [1.807, 2.05) is 12.1 Å². The van der Waals surface area contributed by atoms with Crippen LogP contribution in [0.4, 0.5) is 0 Å². The molecule has 3 heteroatoms. The third-order valence-corrected chi connectivity index (χ3v) is 4.74. The average Bonchev–Trinajstić information content (AvgIpc) is 2.69. The quantitative estimate of drug-likeness (QED) is 0.540. The third kappa shape index (κ3) is 5.24. The molecule has 0 bridgehead atoms. The number of fused-ring (bicyclic) bond motifs is 1. The van der Waals surface area contributed by atoms with Crippen molar-refractivity contribution in [2.45, 2.75) is 33.4 Å². The van der Waals surface area contributed by atoms with Crippen molar-refractivity contribution < 1.29 is 9.47 Å². The monoisotopic (exact) mass is 363 g/mol. The Morgan fingerprint density at radius 1 is 0.889 bits per heavy atom. The van der Waals surface area contributed by atoms with Gasteiger partial charge in [0.15, 0.2) is 0 Å². The molecule has 3 aromatic carbocycles. The Kier molecular flexibility index (Phi) is 6.72. The number of benzene rings is 3. The summed E-state index contributed by atoms with van der Waals surface area (Å²) in [4.78, 5) is 0. The maximum atomic E-state index is 6.13. The molecule has 1 N–H and O–H groups in total. The number of hydrogen-bond acceptors (Lipinski definition) is 3. The van der Waals surface area contributed by atoms with Crippen LogP contribution in [-0.4, -0.2) is 13.7 Å². The van der Waals surface area contributed by atoms with E-state index in [4.69, 9.17) is 9.47 Å². The third-order valence-electron chi connectivity index (χ3n) is 4.74. The smallest absolute Gasteiger partial charge is 0.124 e. The standard InChI is InChI=1S/C24H29NO2/c1-18(2)14-15-27-24-13-10-20-6-4-5-7-22(20)23(24)17-25-16-19-8-11-21(26-3)12-9-19/h4-13,18,25H,14-17H2,1-3H3. The SMILES string of the molecule is COc1ccc(CNCc2c(OCCC(C)C)ccc3ccccc23)cc1.